The minimum Gasteiger partial charge on any atom is -0.504 e. The number of aromatic hydroxyl groups is 1. The first kappa shape index (κ1) is 23.1. The molecule has 0 radical (unpaired) electrons. The number of halogens is 4. The summed E-state index contributed by atoms with van der Waals surface area (Å²) >= 11 is 0. The predicted molar refractivity (Wildman–Crippen MR) is 105 cm³/mol. The molecule has 5 nitrogen and oxygen atoms in total. The van der Waals surface area contributed by atoms with Crippen LogP contribution >= 0.6 is 0 Å². The smallest absolute Gasteiger partial charge is 0.267 e. The van der Waals surface area contributed by atoms with E-state index in [2.05, 4.69) is 10.6 Å². The van der Waals surface area contributed by atoms with Crippen LogP contribution in [0.5, 0.6) is 5.75 Å². The number of hydrogen-bond acceptors (Lipinski definition) is 4. The molecule has 31 heavy (non-hydrogen) atoms. The monoisotopic (exact) mass is 442 g/mol. The topological polar surface area (TPSA) is 78.4 Å². The average molecular weight is 442 g/mol. The van der Waals surface area contributed by atoms with Gasteiger partial charge in [-0.3, -0.25) is 9.59 Å². The Hall–Kier alpha value is -2.58. The maximum atomic E-state index is 14.1. The van der Waals surface area contributed by atoms with E-state index in [1.54, 1.807) is 0 Å². The molecule has 0 heterocycles. The number of allylic oxidation sites excluding steroid dienone is 1. The summed E-state index contributed by atoms with van der Waals surface area (Å²) in [6.07, 6.45) is 9.76. The van der Waals surface area contributed by atoms with Gasteiger partial charge in [-0.05, 0) is 25.7 Å². The summed E-state index contributed by atoms with van der Waals surface area (Å²) in [7, 11) is 0. The molecule has 1 aromatic carbocycles. The Morgan fingerprint density at radius 3 is 1.77 bits per heavy atom. The van der Waals surface area contributed by atoms with Crippen LogP contribution in [0.3, 0.4) is 0 Å². The zero-order chi connectivity index (χ0) is 22.5. The van der Waals surface area contributed by atoms with E-state index < -0.39 is 46.3 Å². The van der Waals surface area contributed by atoms with Crippen molar-refractivity contribution < 1.29 is 32.3 Å². The van der Waals surface area contributed by atoms with Crippen molar-refractivity contribution in [2.24, 2.45) is 0 Å². The lowest BCUT2D eigenvalue weighted by Gasteiger charge is -2.27. The van der Waals surface area contributed by atoms with E-state index in [-0.39, 0.29) is 17.8 Å². The lowest BCUT2D eigenvalue weighted by molar-refractivity contribution is -0.118. The van der Waals surface area contributed by atoms with Gasteiger partial charge < -0.3 is 15.7 Å². The fraction of sp³-hybridized carbons (Fsp3) is 0.545. The second-order valence-electron chi connectivity index (χ2n) is 8.19. The predicted octanol–water partition coefficient (Wildman–Crippen LogP) is 4.39. The molecule has 2 aliphatic rings. The number of carbonyl (C=O) groups is 2. The third kappa shape index (κ3) is 5.37. The molecule has 170 valence electrons. The molecule has 0 aromatic heterocycles. The van der Waals surface area contributed by atoms with Crippen molar-refractivity contribution >= 4 is 11.7 Å². The molecule has 0 aliphatic heterocycles. The van der Waals surface area contributed by atoms with E-state index in [0.717, 1.165) is 64.2 Å². The van der Waals surface area contributed by atoms with E-state index in [0.29, 0.717) is 6.08 Å². The van der Waals surface area contributed by atoms with Crippen molar-refractivity contribution in [2.45, 2.75) is 76.3 Å². The number of benzene rings is 1. The van der Waals surface area contributed by atoms with Gasteiger partial charge in [0.2, 0.25) is 11.6 Å². The van der Waals surface area contributed by atoms with Crippen LogP contribution in [-0.4, -0.2) is 28.9 Å². The van der Waals surface area contributed by atoms with Gasteiger partial charge in [0.05, 0.1) is 0 Å². The Morgan fingerprint density at radius 2 is 1.23 bits per heavy atom. The maximum Gasteiger partial charge on any atom is 0.267 e. The van der Waals surface area contributed by atoms with E-state index in [1.807, 2.05) is 0 Å². The highest BCUT2D eigenvalue weighted by molar-refractivity contribution is 6.11. The van der Waals surface area contributed by atoms with Gasteiger partial charge in [-0.1, -0.05) is 38.5 Å². The quantitative estimate of drug-likeness (QED) is 0.201. The summed E-state index contributed by atoms with van der Waals surface area (Å²) in [5, 5.41) is 15.5. The van der Waals surface area contributed by atoms with Crippen LogP contribution in [-0.2, 0) is 4.79 Å². The standard InChI is InChI=1S/C22H26F4N2O3/c23-17-16(21(30)20(26)19(25)18(17)24)15(29)11-14(27-12-7-3-1-4-8-12)22(31)28-13-9-5-2-6-10-13/h11-13,27,30H,1-10H2,(H,28,31). The van der Waals surface area contributed by atoms with Crippen LogP contribution in [0, 0.1) is 23.3 Å². The minimum absolute atomic E-state index is 0.0706. The van der Waals surface area contributed by atoms with Crippen LogP contribution < -0.4 is 10.6 Å². The van der Waals surface area contributed by atoms with E-state index in [9.17, 15) is 32.3 Å². The molecule has 3 rings (SSSR count). The summed E-state index contributed by atoms with van der Waals surface area (Å²) < 4.78 is 54.7. The fourth-order valence-electron chi connectivity index (χ4n) is 4.20. The van der Waals surface area contributed by atoms with Crippen molar-refractivity contribution in [3.63, 3.8) is 0 Å². The molecule has 2 saturated carbocycles. The Bertz CT molecular complexity index is 847. The van der Waals surface area contributed by atoms with Gasteiger partial charge in [0.25, 0.3) is 5.91 Å². The molecule has 1 aromatic rings. The average Bonchev–Trinajstić information content (AvgIpc) is 2.77. The van der Waals surface area contributed by atoms with Crippen LogP contribution in [0.2, 0.25) is 0 Å². The molecule has 0 spiro atoms. The van der Waals surface area contributed by atoms with Crippen molar-refractivity contribution in [1.29, 1.82) is 0 Å². The number of phenolic OH excluding ortho intramolecular Hbond substituents is 1. The fourth-order valence-corrected chi connectivity index (χ4v) is 4.20. The molecule has 9 heteroatoms. The Morgan fingerprint density at radius 1 is 0.742 bits per heavy atom. The van der Waals surface area contributed by atoms with Gasteiger partial charge in [0, 0.05) is 18.2 Å². The van der Waals surface area contributed by atoms with Crippen LogP contribution in [0.15, 0.2) is 11.8 Å². The van der Waals surface area contributed by atoms with Crippen LogP contribution in [0.1, 0.15) is 74.6 Å². The Balaban J connectivity index is 1.90. The number of ketones is 1. The number of nitrogens with one attached hydrogen (secondary N) is 2. The summed E-state index contributed by atoms with van der Waals surface area (Å²) in [4.78, 5) is 25.4. The molecule has 0 saturated heterocycles. The molecule has 2 fully saturated rings. The van der Waals surface area contributed by atoms with Crippen LogP contribution in [0.25, 0.3) is 0 Å². The lowest BCUT2D eigenvalue weighted by Crippen LogP contribution is -2.43. The summed E-state index contributed by atoms with van der Waals surface area (Å²) in [5.41, 5.74) is -1.53. The number of hydrogen-bond donors (Lipinski definition) is 3. The molecule has 0 bridgehead atoms. The zero-order valence-corrected chi connectivity index (χ0v) is 17.1. The van der Waals surface area contributed by atoms with Gasteiger partial charge in [-0.2, -0.15) is 4.39 Å². The zero-order valence-electron chi connectivity index (χ0n) is 17.1. The van der Waals surface area contributed by atoms with Gasteiger partial charge in [0.15, 0.2) is 23.2 Å². The second kappa shape index (κ2) is 10.2. The lowest BCUT2D eigenvalue weighted by atomic mass is 9.94. The van der Waals surface area contributed by atoms with Crippen molar-refractivity contribution in [3.8, 4) is 5.75 Å². The highest BCUT2D eigenvalue weighted by Crippen LogP contribution is 2.30. The summed E-state index contributed by atoms with van der Waals surface area (Å²) in [5.74, 6) is -12.1. The number of carbonyl (C=O) groups excluding carboxylic acids is 2. The minimum atomic E-state index is -2.22. The first-order chi connectivity index (χ1) is 14.8. The first-order valence-corrected chi connectivity index (χ1v) is 10.7. The first-order valence-electron chi connectivity index (χ1n) is 10.7. The normalized spacial score (nSPS) is 18.6. The molecule has 2 aliphatic carbocycles. The SMILES string of the molecule is O=C(NC1CCCCC1)C(=CC(=O)c1c(O)c(F)c(F)c(F)c1F)NC1CCCCC1. The van der Waals surface area contributed by atoms with E-state index in [1.165, 1.54) is 0 Å². The summed E-state index contributed by atoms with van der Waals surface area (Å²) in [6.45, 7) is 0. The third-order valence-electron chi connectivity index (χ3n) is 5.91. The highest BCUT2D eigenvalue weighted by atomic mass is 19.2. The largest absolute Gasteiger partial charge is 0.504 e. The van der Waals surface area contributed by atoms with E-state index >= 15 is 0 Å². The van der Waals surface area contributed by atoms with Crippen LogP contribution in [0.4, 0.5) is 17.6 Å². The Kier molecular flexibility index (Phi) is 7.56. The van der Waals surface area contributed by atoms with Gasteiger partial charge >= 0.3 is 0 Å². The molecule has 0 atom stereocenters. The molecule has 3 N–H and O–H groups in total. The maximum absolute atomic E-state index is 14.1. The molecule has 1 amide bonds. The number of rotatable bonds is 6. The van der Waals surface area contributed by atoms with Crippen molar-refractivity contribution in [3.05, 3.63) is 40.6 Å². The molecular weight excluding hydrogens is 416 g/mol. The van der Waals surface area contributed by atoms with E-state index in [4.69, 9.17) is 0 Å². The third-order valence-corrected chi connectivity index (χ3v) is 5.91. The van der Waals surface area contributed by atoms with Gasteiger partial charge in [0.1, 0.15) is 11.3 Å². The van der Waals surface area contributed by atoms with Crippen molar-refractivity contribution in [2.75, 3.05) is 0 Å². The number of amides is 1. The Labute approximate surface area is 177 Å². The molecular formula is C22H26F4N2O3. The van der Waals surface area contributed by atoms with Gasteiger partial charge in [-0.25, -0.2) is 13.2 Å². The van der Waals surface area contributed by atoms with Gasteiger partial charge in [-0.15, -0.1) is 0 Å². The summed E-state index contributed by atoms with van der Waals surface area (Å²) in [6, 6.07) is -0.163. The highest BCUT2D eigenvalue weighted by Gasteiger charge is 2.30. The molecule has 0 unspecified atom stereocenters. The second-order valence-corrected chi connectivity index (χ2v) is 8.19. The van der Waals surface area contributed by atoms with Crippen molar-refractivity contribution in [1.82, 2.24) is 10.6 Å². The number of phenols is 1.